The van der Waals surface area contributed by atoms with Crippen LogP contribution < -0.4 is 10.1 Å². The van der Waals surface area contributed by atoms with Crippen LogP contribution in [-0.2, 0) is 0 Å². The summed E-state index contributed by atoms with van der Waals surface area (Å²) >= 11 is 11.9. The highest BCUT2D eigenvalue weighted by Gasteiger charge is 2.13. The molecule has 0 saturated carbocycles. The molecule has 0 radical (unpaired) electrons. The molecule has 0 heterocycles. The van der Waals surface area contributed by atoms with E-state index in [1.165, 1.54) is 12.1 Å². The molecule has 0 fully saturated rings. The number of hydrogen-bond donors (Lipinski definition) is 1. The minimum absolute atomic E-state index is 0.0246. The van der Waals surface area contributed by atoms with Crippen LogP contribution in [0.1, 0.15) is 25.5 Å². The highest BCUT2D eigenvalue weighted by Crippen LogP contribution is 2.33. The molecule has 1 unspecified atom stereocenters. The Morgan fingerprint density at radius 1 is 1.14 bits per heavy atom. The highest BCUT2D eigenvalue weighted by molar-refractivity contribution is 6.42. The molecule has 2 nitrogen and oxygen atoms in total. The minimum atomic E-state index is -0.295. The zero-order valence-corrected chi connectivity index (χ0v) is 13.3. The fourth-order valence-electron chi connectivity index (χ4n) is 2.03. The number of rotatable bonds is 5. The Hall–Kier alpha value is -1.29. The first-order valence-electron chi connectivity index (χ1n) is 6.67. The molecule has 2 rings (SSSR count). The van der Waals surface area contributed by atoms with Gasteiger partial charge in [-0.15, -0.1) is 0 Å². The zero-order valence-electron chi connectivity index (χ0n) is 11.8. The quantitative estimate of drug-likeness (QED) is 0.772. The van der Waals surface area contributed by atoms with E-state index < -0.39 is 0 Å². The van der Waals surface area contributed by atoms with Crippen molar-refractivity contribution in [3.8, 4) is 11.5 Å². The maximum absolute atomic E-state index is 13.5. The van der Waals surface area contributed by atoms with Crippen LogP contribution in [0.15, 0.2) is 36.4 Å². The van der Waals surface area contributed by atoms with Gasteiger partial charge in [-0.05, 0) is 43.8 Å². The second-order valence-corrected chi connectivity index (χ2v) is 5.45. The van der Waals surface area contributed by atoms with Gasteiger partial charge in [-0.2, -0.15) is 0 Å². The van der Waals surface area contributed by atoms with E-state index in [9.17, 15) is 4.39 Å². The van der Waals surface area contributed by atoms with Crippen molar-refractivity contribution in [1.82, 2.24) is 5.32 Å². The van der Waals surface area contributed by atoms with Gasteiger partial charge in [0.25, 0.3) is 0 Å². The van der Waals surface area contributed by atoms with Crippen LogP contribution in [0.3, 0.4) is 0 Å². The van der Waals surface area contributed by atoms with Gasteiger partial charge in [-0.1, -0.05) is 30.1 Å². The van der Waals surface area contributed by atoms with Crippen LogP contribution >= 0.6 is 23.2 Å². The van der Waals surface area contributed by atoms with Crippen LogP contribution in [0.2, 0.25) is 10.0 Å². The molecular weight excluding hydrogens is 312 g/mol. The molecule has 0 saturated heterocycles. The van der Waals surface area contributed by atoms with Gasteiger partial charge >= 0.3 is 0 Å². The standard InChI is InChI=1S/C16H16Cl2FNO/c1-3-20-10(2)13-8-11(19)4-7-16(13)21-12-5-6-14(17)15(18)9-12/h4-10,20H,3H2,1-2H3. The van der Waals surface area contributed by atoms with E-state index in [4.69, 9.17) is 27.9 Å². The number of hydrogen-bond acceptors (Lipinski definition) is 2. The molecule has 1 N–H and O–H groups in total. The largest absolute Gasteiger partial charge is 0.457 e. The van der Waals surface area contributed by atoms with Crippen molar-refractivity contribution >= 4 is 23.2 Å². The van der Waals surface area contributed by atoms with Gasteiger partial charge in [0, 0.05) is 17.7 Å². The Labute approximate surface area is 133 Å². The average Bonchev–Trinajstić information content (AvgIpc) is 2.45. The second kappa shape index (κ2) is 7.12. The summed E-state index contributed by atoms with van der Waals surface area (Å²) < 4.78 is 19.3. The summed E-state index contributed by atoms with van der Waals surface area (Å²) in [6.45, 7) is 4.74. The molecule has 21 heavy (non-hydrogen) atoms. The first-order valence-corrected chi connectivity index (χ1v) is 7.42. The van der Waals surface area contributed by atoms with Gasteiger partial charge < -0.3 is 10.1 Å². The average molecular weight is 328 g/mol. The summed E-state index contributed by atoms with van der Waals surface area (Å²) in [6, 6.07) is 9.45. The molecule has 2 aromatic rings. The molecule has 0 amide bonds. The number of nitrogens with one attached hydrogen (secondary N) is 1. The van der Waals surface area contributed by atoms with Crippen molar-refractivity contribution in [2.45, 2.75) is 19.9 Å². The fraction of sp³-hybridized carbons (Fsp3) is 0.250. The number of ether oxygens (including phenoxy) is 1. The van der Waals surface area contributed by atoms with E-state index in [0.29, 0.717) is 21.5 Å². The topological polar surface area (TPSA) is 21.3 Å². The first kappa shape index (κ1) is 16.1. The van der Waals surface area contributed by atoms with Crippen LogP contribution in [0.25, 0.3) is 0 Å². The summed E-state index contributed by atoms with van der Waals surface area (Å²) in [6.07, 6.45) is 0. The Bertz CT molecular complexity index is 634. The SMILES string of the molecule is CCNC(C)c1cc(F)ccc1Oc1ccc(Cl)c(Cl)c1. The smallest absolute Gasteiger partial charge is 0.132 e. The van der Waals surface area contributed by atoms with Crippen LogP contribution in [0.4, 0.5) is 4.39 Å². The number of benzene rings is 2. The first-order chi connectivity index (χ1) is 10.0. The van der Waals surface area contributed by atoms with E-state index >= 15 is 0 Å². The zero-order chi connectivity index (χ0) is 15.4. The molecule has 112 valence electrons. The van der Waals surface area contributed by atoms with E-state index in [-0.39, 0.29) is 11.9 Å². The predicted molar refractivity (Wildman–Crippen MR) is 85.0 cm³/mol. The van der Waals surface area contributed by atoms with E-state index in [0.717, 1.165) is 12.1 Å². The van der Waals surface area contributed by atoms with Crippen molar-refractivity contribution in [1.29, 1.82) is 0 Å². The monoisotopic (exact) mass is 327 g/mol. The molecule has 0 bridgehead atoms. The lowest BCUT2D eigenvalue weighted by atomic mass is 10.1. The molecule has 5 heteroatoms. The van der Waals surface area contributed by atoms with Crippen LogP contribution in [0, 0.1) is 5.82 Å². The number of halogens is 3. The fourth-order valence-corrected chi connectivity index (χ4v) is 2.32. The summed E-state index contributed by atoms with van der Waals surface area (Å²) in [5, 5.41) is 4.12. The molecule has 0 aromatic heterocycles. The van der Waals surface area contributed by atoms with Crippen LogP contribution in [0.5, 0.6) is 11.5 Å². The Morgan fingerprint density at radius 3 is 2.57 bits per heavy atom. The van der Waals surface area contributed by atoms with Crippen molar-refractivity contribution in [2.75, 3.05) is 6.54 Å². The van der Waals surface area contributed by atoms with Gasteiger partial charge in [0.2, 0.25) is 0 Å². The van der Waals surface area contributed by atoms with Gasteiger partial charge in [0.05, 0.1) is 10.0 Å². The summed E-state index contributed by atoms with van der Waals surface area (Å²) in [4.78, 5) is 0. The summed E-state index contributed by atoms with van der Waals surface area (Å²) in [5.74, 6) is 0.848. The Kier molecular flexibility index (Phi) is 5.45. The third-order valence-corrected chi connectivity index (χ3v) is 3.81. The van der Waals surface area contributed by atoms with Crippen molar-refractivity contribution in [3.05, 3.63) is 57.8 Å². The third kappa shape index (κ3) is 4.10. The normalized spacial score (nSPS) is 12.2. The van der Waals surface area contributed by atoms with Gasteiger partial charge in [0.15, 0.2) is 0 Å². The second-order valence-electron chi connectivity index (χ2n) is 4.64. The molecule has 0 aliphatic rings. The van der Waals surface area contributed by atoms with Crippen LogP contribution in [-0.4, -0.2) is 6.54 Å². The molecule has 0 aliphatic heterocycles. The van der Waals surface area contributed by atoms with Crippen molar-refractivity contribution in [3.63, 3.8) is 0 Å². The van der Waals surface area contributed by atoms with Crippen molar-refractivity contribution < 1.29 is 9.13 Å². The van der Waals surface area contributed by atoms with E-state index in [1.54, 1.807) is 24.3 Å². The summed E-state index contributed by atoms with van der Waals surface area (Å²) in [7, 11) is 0. The maximum atomic E-state index is 13.5. The van der Waals surface area contributed by atoms with E-state index in [1.807, 2.05) is 13.8 Å². The van der Waals surface area contributed by atoms with Gasteiger partial charge in [0.1, 0.15) is 17.3 Å². The molecular formula is C16H16Cl2FNO. The lowest BCUT2D eigenvalue weighted by Crippen LogP contribution is -2.18. The van der Waals surface area contributed by atoms with Gasteiger partial charge in [-0.25, -0.2) is 4.39 Å². The molecule has 1 atom stereocenters. The molecule has 2 aromatic carbocycles. The molecule has 0 aliphatic carbocycles. The summed E-state index contributed by atoms with van der Waals surface area (Å²) in [5.41, 5.74) is 0.753. The highest BCUT2D eigenvalue weighted by atomic mass is 35.5. The molecule has 0 spiro atoms. The minimum Gasteiger partial charge on any atom is -0.457 e. The Balaban J connectivity index is 2.32. The predicted octanol–water partition coefficient (Wildman–Crippen LogP) is 5.60. The lowest BCUT2D eigenvalue weighted by Gasteiger charge is -2.18. The van der Waals surface area contributed by atoms with E-state index in [2.05, 4.69) is 5.32 Å². The Morgan fingerprint density at radius 2 is 1.90 bits per heavy atom. The third-order valence-electron chi connectivity index (χ3n) is 3.07. The van der Waals surface area contributed by atoms with Gasteiger partial charge in [-0.3, -0.25) is 0 Å². The lowest BCUT2D eigenvalue weighted by molar-refractivity contribution is 0.460. The maximum Gasteiger partial charge on any atom is 0.132 e. The van der Waals surface area contributed by atoms with Crippen molar-refractivity contribution in [2.24, 2.45) is 0 Å².